The van der Waals surface area contributed by atoms with E-state index in [4.69, 9.17) is 0 Å². The summed E-state index contributed by atoms with van der Waals surface area (Å²) >= 11 is 0. The maximum absolute atomic E-state index is 12.0. The summed E-state index contributed by atoms with van der Waals surface area (Å²) in [7, 11) is 1.92. The van der Waals surface area contributed by atoms with Gasteiger partial charge in [0.15, 0.2) is 0 Å². The van der Waals surface area contributed by atoms with Crippen molar-refractivity contribution >= 4 is 5.91 Å². The monoisotopic (exact) mass is 293 g/mol. The molecular formula is C16H27N3O2. The first kappa shape index (κ1) is 16.0. The molecule has 1 saturated carbocycles. The van der Waals surface area contributed by atoms with Gasteiger partial charge in [-0.2, -0.15) is 5.10 Å². The van der Waals surface area contributed by atoms with Crippen LogP contribution in [0.25, 0.3) is 0 Å². The largest absolute Gasteiger partial charge is 0.388 e. The number of carbonyl (C=O) groups excluding carboxylic acids is 1. The molecule has 1 aromatic heterocycles. The van der Waals surface area contributed by atoms with Crippen molar-refractivity contribution in [2.45, 2.75) is 64.4 Å². The zero-order valence-corrected chi connectivity index (χ0v) is 13.4. The average Bonchev–Trinajstić information content (AvgIpc) is 2.69. The minimum Gasteiger partial charge on any atom is -0.388 e. The van der Waals surface area contributed by atoms with Crippen LogP contribution in [0.1, 0.15) is 55.5 Å². The van der Waals surface area contributed by atoms with Crippen molar-refractivity contribution in [2.75, 3.05) is 6.54 Å². The van der Waals surface area contributed by atoms with Crippen molar-refractivity contribution in [3.05, 3.63) is 17.0 Å². The molecule has 0 bridgehead atoms. The number of hydrogen-bond acceptors (Lipinski definition) is 3. The van der Waals surface area contributed by atoms with Gasteiger partial charge in [-0.3, -0.25) is 9.48 Å². The number of aromatic nitrogens is 2. The van der Waals surface area contributed by atoms with Crippen molar-refractivity contribution in [3.8, 4) is 0 Å². The third kappa shape index (κ3) is 4.06. The lowest BCUT2D eigenvalue weighted by atomic mass is 9.85. The van der Waals surface area contributed by atoms with E-state index in [1.165, 1.54) is 6.42 Å². The highest BCUT2D eigenvalue weighted by Crippen LogP contribution is 2.27. The van der Waals surface area contributed by atoms with Crippen LogP contribution in [0.4, 0.5) is 0 Å². The van der Waals surface area contributed by atoms with E-state index in [0.717, 1.165) is 42.6 Å². The standard InChI is InChI=1S/C16H27N3O2/c1-12-14(13(2)19(3)18-12)7-8-15(20)17-11-16(21)9-5-4-6-10-16/h21H,4-11H2,1-3H3,(H,17,20). The Balaban J connectivity index is 1.79. The van der Waals surface area contributed by atoms with E-state index in [2.05, 4.69) is 10.4 Å². The van der Waals surface area contributed by atoms with E-state index in [1.807, 2.05) is 25.6 Å². The summed E-state index contributed by atoms with van der Waals surface area (Å²) in [6, 6.07) is 0. The van der Waals surface area contributed by atoms with Crippen LogP contribution < -0.4 is 5.32 Å². The zero-order valence-electron chi connectivity index (χ0n) is 13.4. The Morgan fingerprint density at radius 1 is 1.33 bits per heavy atom. The Kier molecular flexibility index (Phi) is 5.04. The second-order valence-corrected chi connectivity index (χ2v) is 6.33. The summed E-state index contributed by atoms with van der Waals surface area (Å²) in [5.74, 6) is 0.0108. The van der Waals surface area contributed by atoms with Crippen molar-refractivity contribution in [3.63, 3.8) is 0 Å². The normalized spacial score (nSPS) is 17.7. The van der Waals surface area contributed by atoms with E-state index in [0.29, 0.717) is 19.4 Å². The smallest absolute Gasteiger partial charge is 0.220 e. The van der Waals surface area contributed by atoms with Gasteiger partial charge in [0, 0.05) is 25.7 Å². The highest BCUT2D eigenvalue weighted by molar-refractivity contribution is 5.76. The first-order chi connectivity index (χ1) is 9.91. The van der Waals surface area contributed by atoms with Gasteiger partial charge in [0.25, 0.3) is 0 Å². The highest BCUT2D eigenvalue weighted by Gasteiger charge is 2.29. The fraction of sp³-hybridized carbons (Fsp3) is 0.750. The van der Waals surface area contributed by atoms with E-state index < -0.39 is 5.60 Å². The molecule has 1 heterocycles. The quantitative estimate of drug-likeness (QED) is 0.869. The van der Waals surface area contributed by atoms with E-state index in [9.17, 15) is 9.90 Å². The summed E-state index contributed by atoms with van der Waals surface area (Å²) in [5.41, 5.74) is 2.58. The second-order valence-electron chi connectivity index (χ2n) is 6.33. The minimum absolute atomic E-state index is 0.0108. The highest BCUT2D eigenvalue weighted by atomic mass is 16.3. The summed E-state index contributed by atoms with van der Waals surface area (Å²) in [6.45, 7) is 4.39. The predicted molar refractivity (Wildman–Crippen MR) is 82.0 cm³/mol. The fourth-order valence-electron chi connectivity index (χ4n) is 3.16. The van der Waals surface area contributed by atoms with Crippen LogP contribution in [0.5, 0.6) is 0 Å². The van der Waals surface area contributed by atoms with Crippen LogP contribution in [0.3, 0.4) is 0 Å². The number of aliphatic hydroxyl groups is 1. The maximum Gasteiger partial charge on any atom is 0.220 e. The third-order valence-electron chi connectivity index (χ3n) is 4.66. The maximum atomic E-state index is 12.0. The molecule has 1 aromatic rings. The molecule has 1 aliphatic carbocycles. The van der Waals surface area contributed by atoms with Crippen LogP contribution in [0, 0.1) is 13.8 Å². The molecule has 21 heavy (non-hydrogen) atoms. The SMILES string of the molecule is Cc1nn(C)c(C)c1CCC(=O)NCC1(O)CCCCC1. The number of aryl methyl sites for hydroxylation is 2. The molecular weight excluding hydrogens is 266 g/mol. The van der Waals surface area contributed by atoms with Gasteiger partial charge in [-0.15, -0.1) is 0 Å². The van der Waals surface area contributed by atoms with Gasteiger partial charge in [-0.1, -0.05) is 19.3 Å². The van der Waals surface area contributed by atoms with Gasteiger partial charge >= 0.3 is 0 Å². The van der Waals surface area contributed by atoms with Gasteiger partial charge < -0.3 is 10.4 Å². The third-order valence-corrected chi connectivity index (χ3v) is 4.66. The van der Waals surface area contributed by atoms with Crippen LogP contribution in [-0.2, 0) is 18.3 Å². The summed E-state index contributed by atoms with van der Waals surface area (Å²) < 4.78 is 1.85. The number of rotatable bonds is 5. The topological polar surface area (TPSA) is 67.2 Å². The van der Waals surface area contributed by atoms with Gasteiger partial charge in [0.1, 0.15) is 0 Å². The molecule has 0 unspecified atom stereocenters. The van der Waals surface area contributed by atoms with Crippen LogP contribution >= 0.6 is 0 Å². The molecule has 0 radical (unpaired) electrons. The molecule has 1 fully saturated rings. The molecule has 0 spiro atoms. The fourth-order valence-corrected chi connectivity index (χ4v) is 3.16. The number of carbonyl (C=O) groups is 1. The van der Waals surface area contributed by atoms with Crippen molar-refractivity contribution in [2.24, 2.45) is 7.05 Å². The Bertz CT molecular complexity index is 502. The van der Waals surface area contributed by atoms with Crippen molar-refractivity contribution in [1.29, 1.82) is 0 Å². The number of amides is 1. The molecule has 2 N–H and O–H groups in total. The number of hydrogen-bond donors (Lipinski definition) is 2. The van der Waals surface area contributed by atoms with Crippen molar-refractivity contribution in [1.82, 2.24) is 15.1 Å². The molecule has 0 aliphatic heterocycles. The van der Waals surface area contributed by atoms with E-state index in [1.54, 1.807) is 0 Å². The molecule has 118 valence electrons. The number of nitrogens with zero attached hydrogens (tertiary/aromatic N) is 2. The van der Waals surface area contributed by atoms with Crippen LogP contribution in [0.2, 0.25) is 0 Å². The Hall–Kier alpha value is -1.36. The molecule has 5 nitrogen and oxygen atoms in total. The first-order valence-electron chi connectivity index (χ1n) is 7.89. The lowest BCUT2D eigenvalue weighted by Crippen LogP contribution is -2.44. The molecule has 0 saturated heterocycles. The van der Waals surface area contributed by atoms with Gasteiger partial charge in [0.2, 0.25) is 5.91 Å². The first-order valence-corrected chi connectivity index (χ1v) is 7.89. The van der Waals surface area contributed by atoms with Gasteiger partial charge in [-0.05, 0) is 38.7 Å². The molecule has 2 rings (SSSR count). The minimum atomic E-state index is -0.686. The van der Waals surface area contributed by atoms with Crippen molar-refractivity contribution < 1.29 is 9.90 Å². The predicted octanol–water partition coefficient (Wildman–Crippen LogP) is 1.78. The zero-order chi connectivity index (χ0) is 15.5. The Labute approximate surface area is 126 Å². The van der Waals surface area contributed by atoms with Gasteiger partial charge in [0.05, 0.1) is 11.3 Å². The average molecular weight is 293 g/mol. The molecule has 0 atom stereocenters. The van der Waals surface area contributed by atoms with E-state index >= 15 is 0 Å². The Morgan fingerprint density at radius 3 is 2.57 bits per heavy atom. The van der Waals surface area contributed by atoms with Gasteiger partial charge in [-0.25, -0.2) is 0 Å². The van der Waals surface area contributed by atoms with Crippen LogP contribution in [0.15, 0.2) is 0 Å². The lowest BCUT2D eigenvalue weighted by molar-refractivity contribution is -0.122. The second kappa shape index (κ2) is 6.60. The van der Waals surface area contributed by atoms with Crippen LogP contribution in [-0.4, -0.2) is 32.9 Å². The lowest BCUT2D eigenvalue weighted by Gasteiger charge is -2.32. The van der Waals surface area contributed by atoms with E-state index in [-0.39, 0.29) is 5.91 Å². The number of nitrogens with one attached hydrogen (secondary N) is 1. The summed E-state index contributed by atoms with van der Waals surface area (Å²) in [5, 5.41) is 17.6. The molecule has 5 heteroatoms. The molecule has 0 aromatic carbocycles. The summed E-state index contributed by atoms with van der Waals surface area (Å²) in [4.78, 5) is 12.0. The molecule has 1 amide bonds. The molecule has 1 aliphatic rings. The summed E-state index contributed by atoms with van der Waals surface area (Å²) in [6.07, 6.45) is 6.05. The Morgan fingerprint density at radius 2 is 2.00 bits per heavy atom.